The maximum absolute atomic E-state index is 13.5. The van der Waals surface area contributed by atoms with Crippen molar-refractivity contribution < 1.29 is 23.1 Å². The van der Waals surface area contributed by atoms with Crippen LogP contribution in [0.2, 0.25) is 0 Å². The highest BCUT2D eigenvalue weighted by Crippen LogP contribution is 2.47. The lowest BCUT2D eigenvalue weighted by Crippen LogP contribution is -2.64. The van der Waals surface area contributed by atoms with Gasteiger partial charge in [0.05, 0.1) is 0 Å². The smallest absolute Gasteiger partial charge is 0.359 e. The van der Waals surface area contributed by atoms with Gasteiger partial charge in [-0.1, -0.05) is 27.2 Å². The summed E-state index contributed by atoms with van der Waals surface area (Å²) in [7, 11) is 0. The highest BCUT2D eigenvalue weighted by atomic mass is 19.4. The molecule has 0 fully saturated rings. The van der Waals surface area contributed by atoms with Gasteiger partial charge in [-0.05, 0) is 25.7 Å². The van der Waals surface area contributed by atoms with Gasteiger partial charge in [0.1, 0.15) is 0 Å². The lowest BCUT2D eigenvalue weighted by Gasteiger charge is -2.39. The van der Waals surface area contributed by atoms with Crippen LogP contribution in [-0.2, 0) is 4.79 Å². The summed E-state index contributed by atoms with van der Waals surface area (Å²) in [5.41, 5.74) is -1.51. The number of allylic oxidation sites excluding steroid dienone is 1. The topological polar surface area (TPSA) is 52.6 Å². The summed E-state index contributed by atoms with van der Waals surface area (Å²) in [6.07, 6.45) is -2.24. The van der Waals surface area contributed by atoms with Crippen LogP contribution in [0.5, 0.6) is 0 Å². The minimum Gasteiger partial charge on any atom is -0.359 e. The molecule has 1 aliphatic heterocycles. The third kappa shape index (κ3) is 2.52. The fourth-order valence-corrected chi connectivity index (χ4v) is 2.77. The summed E-state index contributed by atoms with van der Waals surface area (Å²) >= 11 is 0. The first-order valence-corrected chi connectivity index (χ1v) is 7.12. The maximum Gasteiger partial charge on any atom is 0.442 e. The van der Waals surface area contributed by atoms with Gasteiger partial charge in [-0.25, -0.2) is 5.01 Å². The van der Waals surface area contributed by atoms with Crippen LogP contribution in [0.4, 0.5) is 13.2 Å². The Kier molecular flexibility index (Phi) is 3.76. The quantitative estimate of drug-likeness (QED) is 0.723. The number of hydrogen-bond acceptors (Lipinski definition) is 3. The highest BCUT2D eigenvalue weighted by Gasteiger charge is 2.66. The lowest BCUT2D eigenvalue weighted by molar-refractivity contribution is -0.295. The monoisotopic (exact) mass is 306 g/mol. The number of aliphatic hydroxyl groups is 1. The molecule has 0 radical (unpaired) electrons. The Labute approximate surface area is 122 Å². The zero-order valence-corrected chi connectivity index (χ0v) is 12.5. The second kappa shape index (κ2) is 4.90. The molecule has 120 valence electrons. The molecule has 0 aromatic heterocycles. The Morgan fingerprint density at radius 2 is 1.76 bits per heavy atom. The van der Waals surface area contributed by atoms with Gasteiger partial charge in [0.25, 0.3) is 5.72 Å². The van der Waals surface area contributed by atoms with Crippen molar-refractivity contribution in [2.75, 3.05) is 0 Å². The largest absolute Gasteiger partial charge is 0.442 e. The van der Waals surface area contributed by atoms with E-state index in [1.807, 2.05) is 0 Å². The molecule has 1 atom stereocenters. The van der Waals surface area contributed by atoms with Crippen molar-refractivity contribution in [3.8, 4) is 0 Å². The Balaban J connectivity index is 2.48. The summed E-state index contributed by atoms with van der Waals surface area (Å²) in [5.74, 6) is -0.782. The Bertz CT molecular complexity index is 480. The molecule has 0 aromatic rings. The van der Waals surface area contributed by atoms with Crippen molar-refractivity contribution >= 4 is 5.91 Å². The molecule has 0 saturated heterocycles. The molecule has 1 unspecified atom stereocenters. The summed E-state index contributed by atoms with van der Waals surface area (Å²) in [5, 5.41) is 10.8. The molecule has 0 bridgehead atoms. The van der Waals surface area contributed by atoms with Gasteiger partial charge >= 0.3 is 6.18 Å². The molecule has 0 spiro atoms. The van der Waals surface area contributed by atoms with Crippen molar-refractivity contribution in [1.82, 2.24) is 10.4 Å². The number of carbonyl (C=O) groups is 1. The molecule has 4 nitrogen and oxygen atoms in total. The van der Waals surface area contributed by atoms with E-state index in [2.05, 4.69) is 5.43 Å². The number of amides is 1. The van der Waals surface area contributed by atoms with Crippen LogP contribution in [-0.4, -0.2) is 27.9 Å². The van der Waals surface area contributed by atoms with Gasteiger partial charge in [0, 0.05) is 16.7 Å². The third-order valence-electron chi connectivity index (χ3n) is 3.95. The van der Waals surface area contributed by atoms with E-state index in [0.29, 0.717) is 23.5 Å². The van der Waals surface area contributed by atoms with E-state index in [9.17, 15) is 23.1 Å². The van der Waals surface area contributed by atoms with Gasteiger partial charge in [-0.3, -0.25) is 10.2 Å². The molecule has 0 saturated carbocycles. The van der Waals surface area contributed by atoms with Crippen molar-refractivity contribution in [3.63, 3.8) is 0 Å². The first-order chi connectivity index (χ1) is 9.49. The SMILES string of the molecule is CC(C)(C)C(=O)N1NC2=C(CCCCC2)C1(O)C(F)(F)F. The second-order valence-electron chi connectivity index (χ2n) is 6.69. The lowest BCUT2D eigenvalue weighted by atomic mass is 9.92. The molecule has 0 aromatic carbocycles. The van der Waals surface area contributed by atoms with Gasteiger partial charge in [0.2, 0.25) is 5.91 Å². The van der Waals surface area contributed by atoms with Crippen LogP contribution in [0.15, 0.2) is 11.3 Å². The fourth-order valence-electron chi connectivity index (χ4n) is 2.77. The van der Waals surface area contributed by atoms with Crippen LogP contribution in [0.25, 0.3) is 0 Å². The molecule has 1 amide bonds. The zero-order valence-electron chi connectivity index (χ0n) is 12.5. The number of hydrogen-bond donors (Lipinski definition) is 2. The fraction of sp³-hybridized carbons (Fsp3) is 0.786. The normalized spacial score (nSPS) is 27.3. The average Bonchev–Trinajstić information content (AvgIpc) is 2.50. The molecule has 2 N–H and O–H groups in total. The maximum atomic E-state index is 13.5. The van der Waals surface area contributed by atoms with Crippen molar-refractivity contribution in [3.05, 3.63) is 11.3 Å². The van der Waals surface area contributed by atoms with Crippen molar-refractivity contribution in [2.24, 2.45) is 5.41 Å². The zero-order chi connectivity index (χ0) is 16.1. The number of hydrazine groups is 1. The predicted octanol–water partition coefficient (Wildman–Crippen LogP) is 2.85. The van der Waals surface area contributed by atoms with Gasteiger partial charge in [-0.2, -0.15) is 13.2 Å². The predicted molar refractivity (Wildman–Crippen MR) is 70.6 cm³/mol. The van der Waals surface area contributed by atoms with Crippen LogP contribution in [0.3, 0.4) is 0 Å². The Morgan fingerprint density at radius 3 is 2.29 bits per heavy atom. The van der Waals surface area contributed by atoms with E-state index in [0.717, 1.165) is 12.8 Å². The molecule has 2 aliphatic rings. The van der Waals surface area contributed by atoms with Crippen molar-refractivity contribution in [2.45, 2.75) is 64.8 Å². The third-order valence-corrected chi connectivity index (χ3v) is 3.95. The summed E-state index contributed by atoms with van der Waals surface area (Å²) in [6.45, 7) is 4.58. The van der Waals surface area contributed by atoms with E-state index in [1.165, 1.54) is 20.8 Å². The van der Waals surface area contributed by atoms with Gasteiger partial charge in [0.15, 0.2) is 0 Å². The van der Waals surface area contributed by atoms with E-state index < -0.39 is 23.2 Å². The highest BCUT2D eigenvalue weighted by molar-refractivity contribution is 5.83. The Hall–Kier alpha value is -1.24. The van der Waals surface area contributed by atoms with Crippen LogP contribution >= 0.6 is 0 Å². The van der Waals surface area contributed by atoms with Crippen LogP contribution < -0.4 is 5.43 Å². The molecule has 2 rings (SSSR count). The number of nitrogens with zero attached hydrogens (tertiary/aromatic N) is 1. The first-order valence-electron chi connectivity index (χ1n) is 7.12. The van der Waals surface area contributed by atoms with Crippen LogP contribution in [0.1, 0.15) is 52.9 Å². The molecule has 21 heavy (non-hydrogen) atoms. The summed E-state index contributed by atoms with van der Waals surface area (Å²) in [4.78, 5) is 12.3. The van der Waals surface area contributed by atoms with Gasteiger partial charge in [-0.15, -0.1) is 0 Å². The Morgan fingerprint density at radius 1 is 1.19 bits per heavy atom. The molecule has 1 aliphatic carbocycles. The molecule has 7 heteroatoms. The van der Waals surface area contributed by atoms with E-state index >= 15 is 0 Å². The van der Waals surface area contributed by atoms with Gasteiger partial charge < -0.3 is 5.11 Å². The van der Waals surface area contributed by atoms with E-state index in [1.54, 1.807) is 0 Å². The standard InChI is InChI=1S/C14H21F3N2O2/c1-12(2,3)11(20)19-13(21,14(15,16)17)9-7-5-4-6-8-10(9)18-19/h18,21H,4-8H2,1-3H3. The molecular weight excluding hydrogens is 285 g/mol. The van der Waals surface area contributed by atoms with E-state index in [-0.39, 0.29) is 12.0 Å². The number of alkyl halides is 3. The number of halogens is 3. The van der Waals surface area contributed by atoms with Crippen LogP contribution in [0, 0.1) is 5.41 Å². The summed E-state index contributed by atoms with van der Waals surface area (Å²) < 4.78 is 40.6. The number of carbonyl (C=O) groups excluding carboxylic acids is 1. The first kappa shape index (κ1) is 16.1. The second-order valence-corrected chi connectivity index (χ2v) is 6.69. The molecule has 1 heterocycles. The molecular formula is C14H21F3N2O2. The van der Waals surface area contributed by atoms with Crippen molar-refractivity contribution in [1.29, 1.82) is 0 Å². The average molecular weight is 306 g/mol. The minimum atomic E-state index is -4.94. The number of nitrogens with one attached hydrogen (secondary N) is 1. The van der Waals surface area contributed by atoms with E-state index in [4.69, 9.17) is 0 Å². The summed E-state index contributed by atoms with van der Waals surface area (Å²) in [6, 6.07) is 0. The minimum absolute atomic E-state index is 0.106. The number of rotatable bonds is 0.